The molecule has 1 aromatic carbocycles. The van der Waals surface area contributed by atoms with Gasteiger partial charge in [0, 0.05) is 6.42 Å². The van der Waals surface area contributed by atoms with Crippen molar-refractivity contribution in [1.82, 2.24) is 0 Å². The molecular formula is C17H18F3N. The normalized spacial score (nSPS) is 22.6. The number of nitriles is 1. The first-order valence-corrected chi connectivity index (χ1v) is 7.24. The van der Waals surface area contributed by atoms with E-state index < -0.39 is 12.2 Å². The van der Waals surface area contributed by atoms with Gasteiger partial charge in [0.25, 0.3) is 0 Å². The van der Waals surface area contributed by atoms with Crippen molar-refractivity contribution < 1.29 is 13.2 Å². The van der Waals surface area contributed by atoms with Crippen LogP contribution in [-0.2, 0) is 0 Å². The first-order chi connectivity index (χ1) is 10.1. The summed E-state index contributed by atoms with van der Waals surface area (Å²) < 4.78 is 37.7. The van der Waals surface area contributed by atoms with E-state index in [1.165, 1.54) is 12.1 Å². The third-order valence-corrected chi connectivity index (χ3v) is 4.08. The predicted octanol–water partition coefficient (Wildman–Crippen LogP) is 5.18. The molecular weight excluding hydrogens is 275 g/mol. The fraction of sp³-hybridized carbons (Fsp3) is 0.471. The van der Waals surface area contributed by atoms with Crippen LogP contribution in [0.4, 0.5) is 13.2 Å². The van der Waals surface area contributed by atoms with Crippen LogP contribution in [0, 0.1) is 23.1 Å². The van der Waals surface area contributed by atoms with Crippen LogP contribution in [0.2, 0.25) is 0 Å². The molecule has 1 aliphatic carbocycles. The number of benzene rings is 1. The van der Waals surface area contributed by atoms with E-state index in [1.807, 2.05) is 18.2 Å². The summed E-state index contributed by atoms with van der Waals surface area (Å²) in [6, 6.07) is 6.62. The van der Waals surface area contributed by atoms with Gasteiger partial charge >= 0.3 is 0 Å². The quantitative estimate of drug-likeness (QED) is 0.701. The summed E-state index contributed by atoms with van der Waals surface area (Å²) in [4.78, 5) is 0. The highest BCUT2D eigenvalue weighted by Crippen LogP contribution is 2.36. The van der Waals surface area contributed by atoms with Gasteiger partial charge in [-0.05, 0) is 55.2 Å². The standard InChI is InChI=1S/C17H18F3N/c18-16-10-14(8-9-15(16)11-21)13-6-4-12(5-7-13)2-1-3-17(19)20/h1-2,8-10,12-13,17H,3-7H2/t12-,13-. The van der Waals surface area contributed by atoms with E-state index in [0.717, 1.165) is 31.2 Å². The Labute approximate surface area is 123 Å². The average Bonchev–Trinajstić information content (AvgIpc) is 2.47. The molecule has 0 bridgehead atoms. The maximum absolute atomic E-state index is 13.6. The highest BCUT2D eigenvalue weighted by Gasteiger charge is 2.21. The minimum Gasteiger partial charge on any atom is -0.210 e. The summed E-state index contributed by atoms with van der Waals surface area (Å²) in [7, 11) is 0. The molecule has 0 atom stereocenters. The number of allylic oxidation sites excluding steroid dienone is 2. The fourth-order valence-electron chi connectivity index (χ4n) is 2.89. The van der Waals surface area contributed by atoms with Gasteiger partial charge in [-0.1, -0.05) is 18.2 Å². The Hall–Kier alpha value is -1.76. The highest BCUT2D eigenvalue weighted by atomic mass is 19.3. The van der Waals surface area contributed by atoms with Crippen LogP contribution in [0.1, 0.15) is 49.1 Å². The van der Waals surface area contributed by atoms with Crippen LogP contribution >= 0.6 is 0 Å². The second kappa shape index (κ2) is 7.31. The van der Waals surface area contributed by atoms with E-state index in [2.05, 4.69) is 0 Å². The predicted molar refractivity (Wildman–Crippen MR) is 75.6 cm³/mol. The van der Waals surface area contributed by atoms with Gasteiger partial charge in [0.15, 0.2) is 0 Å². The second-order valence-corrected chi connectivity index (χ2v) is 5.52. The zero-order valence-corrected chi connectivity index (χ0v) is 11.7. The molecule has 1 aromatic rings. The van der Waals surface area contributed by atoms with Gasteiger partial charge in [-0.2, -0.15) is 5.26 Å². The maximum atomic E-state index is 13.6. The summed E-state index contributed by atoms with van der Waals surface area (Å²) in [6.07, 6.45) is 4.72. The Balaban J connectivity index is 1.91. The Morgan fingerprint density at radius 2 is 1.95 bits per heavy atom. The summed E-state index contributed by atoms with van der Waals surface area (Å²) in [5, 5.41) is 8.72. The van der Waals surface area contributed by atoms with Gasteiger partial charge < -0.3 is 0 Å². The molecule has 0 amide bonds. The van der Waals surface area contributed by atoms with E-state index in [-0.39, 0.29) is 12.0 Å². The highest BCUT2D eigenvalue weighted by molar-refractivity contribution is 5.35. The van der Waals surface area contributed by atoms with Crippen molar-refractivity contribution in [3.05, 3.63) is 47.3 Å². The van der Waals surface area contributed by atoms with E-state index >= 15 is 0 Å². The van der Waals surface area contributed by atoms with Crippen molar-refractivity contribution >= 4 is 0 Å². The van der Waals surface area contributed by atoms with Crippen LogP contribution in [0.25, 0.3) is 0 Å². The molecule has 4 heteroatoms. The lowest BCUT2D eigenvalue weighted by atomic mass is 9.78. The minimum absolute atomic E-state index is 0.0716. The van der Waals surface area contributed by atoms with Crippen molar-refractivity contribution in [3.63, 3.8) is 0 Å². The lowest BCUT2D eigenvalue weighted by Gasteiger charge is -2.27. The Morgan fingerprint density at radius 1 is 1.24 bits per heavy atom. The topological polar surface area (TPSA) is 23.8 Å². The largest absolute Gasteiger partial charge is 0.242 e. The van der Waals surface area contributed by atoms with Crippen molar-refractivity contribution in [2.24, 2.45) is 5.92 Å². The molecule has 112 valence electrons. The Kier molecular flexibility index (Phi) is 5.44. The van der Waals surface area contributed by atoms with E-state index in [4.69, 9.17) is 5.26 Å². The van der Waals surface area contributed by atoms with E-state index in [0.29, 0.717) is 11.8 Å². The molecule has 1 fully saturated rings. The van der Waals surface area contributed by atoms with Crippen LogP contribution in [-0.4, -0.2) is 6.43 Å². The van der Waals surface area contributed by atoms with Crippen molar-refractivity contribution in [2.75, 3.05) is 0 Å². The van der Waals surface area contributed by atoms with Crippen LogP contribution in [0.15, 0.2) is 30.4 Å². The van der Waals surface area contributed by atoms with Gasteiger partial charge in [-0.3, -0.25) is 0 Å². The molecule has 0 N–H and O–H groups in total. The molecule has 2 rings (SSSR count). The Bertz CT molecular complexity index is 537. The molecule has 0 radical (unpaired) electrons. The number of hydrogen-bond donors (Lipinski definition) is 0. The molecule has 0 spiro atoms. The number of alkyl halides is 2. The minimum atomic E-state index is -2.28. The molecule has 0 aromatic heterocycles. The van der Waals surface area contributed by atoms with Crippen molar-refractivity contribution in [1.29, 1.82) is 5.26 Å². The molecule has 1 aliphatic rings. The van der Waals surface area contributed by atoms with Gasteiger partial charge in [0.05, 0.1) is 5.56 Å². The Morgan fingerprint density at radius 3 is 2.52 bits per heavy atom. The van der Waals surface area contributed by atoms with Crippen LogP contribution in [0.5, 0.6) is 0 Å². The van der Waals surface area contributed by atoms with Gasteiger partial charge in [-0.15, -0.1) is 0 Å². The lowest BCUT2D eigenvalue weighted by molar-refractivity contribution is 0.152. The zero-order chi connectivity index (χ0) is 15.2. The molecule has 0 unspecified atom stereocenters. The summed E-state index contributed by atoms with van der Waals surface area (Å²) in [6.45, 7) is 0. The first-order valence-electron chi connectivity index (χ1n) is 7.24. The zero-order valence-electron chi connectivity index (χ0n) is 11.7. The first kappa shape index (κ1) is 15.6. The molecule has 0 saturated heterocycles. The number of halogens is 3. The van der Waals surface area contributed by atoms with Crippen LogP contribution < -0.4 is 0 Å². The average molecular weight is 293 g/mol. The van der Waals surface area contributed by atoms with E-state index in [1.54, 1.807) is 6.08 Å². The molecule has 21 heavy (non-hydrogen) atoms. The van der Waals surface area contributed by atoms with Crippen LogP contribution in [0.3, 0.4) is 0 Å². The molecule has 0 aliphatic heterocycles. The van der Waals surface area contributed by atoms with Gasteiger partial charge in [-0.25, -0.2) is 13.2 Å². The fourth-order valence-corrected chi connectivity index (χ4v) is 2.89. The third kappa shape index (κ3) is 4.35. The van der Waals surface area contributed by atoms with Gasteiger partial charge in [0.2, 0.25) is 6.43 Å². The van der Waals surface area contributed by atoms with Crippen molar-refractivity contribution in [2.45, 2.75) is 44.4 Å². The second-order valence-electron chi connectivity index (χ2n) is 5.52. The smallest absolute Gasteiger partial charge is 0.210 e. The van der Waals surface area contributed by atoms with Gasteiger partial charge in [0.1, 0.15) is 11.9 Å². The maximum Gasteiger partial charge on any atom is 0.242 e. The summed E-state index contributed by atoms with van der Waals surface area (Å²) in [5.41, 5.74) is 1.00. The number of rotatable bonds is 4. The molecule has 1 nitrogen and oxygen atoms in total. The third-order valence-electron chi connectivity index (χ3n) is 4.08. The monoisotopic (exact) mass is 293 g/mol. The van der Waals surface area contributed by atoms with Crippen molar-refractivity contribution in [3.8, 4) is 6.07 Å². The lowest BCUT2D eigenvalue weighted by Crippen LogP contribution is -2.12. The summed E-state index contributed by atoms with van der Waals surface area (Å²) >= 11 is 0. The van der Waals surface area contributed by atoms with E-state index in [9.17, 15) is 13.2 Å². The molecule has 1 saturated carbocycles. The number of hydrogen-bond acceptors (Lipinski definition) is 1. The number of nitrogens with zero attached hydrogens (tertiary/aromatic N) is 1. The molecule has 0 heterocycles. The summed E-state index contributed by atoms with van der Waals surface area (Å²) in [5.74, 6) is 0.184. The SMILES string of the molecule is N#Cc1ccc([C@H]2CC[C@H](C=CCC(F)F)CC2)cc1F.